The Bertz CT molecular complexity index is 1460. The van der Waals surface area contributed by atoms with Crippen LogP contribution in [-0.4, -0.2) is 71.0 Å². The number of carbonyl (C=O) groups is 2. The number of H-pyrrole nitrogens is 1. The van der Waals surface area contributed by atoms with Gasteiger partial charge in [0.2, 0.25) is 0 Å². The van der Waals surface area contributed by atoms with E-state index in [1.165, 1.54) is 6.20 Å². The molecule has 10 heteroatoms. The highest BCUT2D eigenvalue weighted by molar-refractivity contribution is 5.97. The van der Waals surface area contributed by atoms with Gasteiger partial charge in [0.1, 0.15) is 0 Å². The Hall–Kier alpha value is -4.18. The van der Waals surface area contributed by atoms with Gasteiger partial charge in [-0.3, -0.25) is 9.78 Å². The van der Waals surface area contributed by atoms with Crippen LogP contribution in [0.3, 0.4) is 0 Å². The molecule has 7 nitrogen and oxygen atoms in total. The molecule has 0 bridgehead atoms. The summed E-state index contributed by atoms with van der Waals surface area (Å²) in [6.45, 7) is 3.01. The number of nitrogens with zero attached hydrogens (tertiary/aromatic N) is 3. The number of aromatic nitrogens is 2. The number of hydrogen-bond acceptors (Lipinski definition) is 5. The lowest BCUT2D eigenvalue weighted by Crippen LogP contribution is -2.47. The Morgan fingerprint density at radius 3 is 2.30 bits per heavy atom. The first-order valence-electron chi connectivity index (χ1n) is 11.6. The fourth-order valence-electron chi connectivity index (χ4n) is 4.31. The highest BCUT2D eigenvalue weighted by Crippen LogP contribution is 2.39. The van der Waals surface area contributed by atoms with Gasteiger partial charge in [0.15, 0.2) is 5.75 Å². The minimum Gasteiger partial charge on any atom is -0.417 e. The standard InChI is InChI=1S/C27H23F3N4O3/c1-33-10-12-34(13-11-33)25(35)18-8-6-17(7-9-18)19-14-20(16-31-15-19)23-24(37-26(36)27(28,29)30)21-4-2-3-5-22(21)32-23/h2-9,14-16,32H,10-13H2,1H3. The maximum atomic E-state index is 13.0. The van der Waals surface area contributed by atoms with Crippen molar-refractivity contribution in [3.05, 3.63) is 72.6 Å². The van der Waals surface area contributed by atoms with Crippen molar-refractivity contribution >= 4 is 22.8 Å². The van der Waals surface area contributed by atoms with E-state index in [1.54, 1.807) is 60.8 Å². The number of alkyl halides is 3. The smallest absolute Gasteiger partial charge is 0.417 e. The van der Waals surface area contributed by atoms with Crippen LogP contribution in [0.2, 0.25) is 0 Å². The average Bonchev–Trinajstić information content (AvgIpc) is 3.27. The van der Waals surface area contributed by atoms with Gasteiger partial charge in [0.25, 0.3) is 5.91 Å². The molecule has 0 spiro atoms. The van der Waals surface area contributed by atoms with Crippen molar-refractivity contribution in [1.29, 1.82) is 0 Å². The van der Waals surface area contributed by atoms with Gasteiger partial charge in [0.05, 0.1) is 5.69 Å². The molecule has 0 aliphatic carbocycles. The predicted octanol–water partition coefficient (Wildman–Crippen LogP) is 4.75. The Morgan fingerprint density at radius 2 is 1.59 bits per heavy atom. The number of ether oxygens (including phenoxy) is 1. The number of nitrogens with one attached hydrogen (secondary N) is 1. The number of para-hydroxylation sites is 1. The number of amides is 1. The lowest BCUT2D eigenvalue weighted by molar-refractivity contribution is -0.189. The molecule has 2 aromatic carbocycles. The van der Waals surface area contributed by atoms with Crippen LogP contribution in [0, 0.1) is 0 Å². The van der Waals surface area contributed by atoms with Gasteiger partial charge >= 0.3 is 12.1 Å². The molecule has 0 unspecified atom stereocenters. The average molecular weight is 509 g/mol. The van der Waals surface area contributed by atoms with Crippen LogP contribution in [0.15, 0.2) is 67.0 Å². The van der Waals surface area contributed by atoms with Gasteiger partial charge in [-0.25, -0.2) is 4.79 Å². The Kier molecular flexibility index (Phi) is 6.43. The van der Waals surface area contributed by atoms with Crippen LogP contribution in [0.1, 0.15) is 10.4 Å². The lowest BCUT2D eigenvalue weighted by atomic mass is 10.0. The number of carbonyl (C=O) groups excluding carboxylic acids is 2. The van der Waals surface area contributed by atoms with Gasteiger partial charge in [-0.05, 0) is 42.9 Å². The number of aromatic amines is 1. The lowest BCUT2D eigenvalue weighted by Gasteiger charge is -2.32. The third kappa shape index (κ3) is 5.05. The van der Waals surface area contributed by atoms with E-state index in [1.807, 2.05) is 11.9 Å². The van der Waals surface area contributed by atoms with E-state index in [2.05, 4.69) is 14.9 Å². The highest BCUT2D eigenvalue weighted by Gasteiger charge is 2.42. The zero-order chi connectivity index (χ0) is 26.2. The second-order valence-electron chi connectivity index (χ2n) is 8.90. The van der Waals surface area contributed by atoms with Gasteiger partial charge in [-0.2, -0.15) is 13.2 Å². The number of rotatable bonds is 4. The fraction of sp³-hybridized carbons (Fsp3) is 0.222. The van der Waals surface area contributed by atoms with Gasteiger partial charge in [-0.15, -0.1) is 0 Å². The van der Waals surface area contributed by atoms with Crippen molar-refractivity contribution in [2.75, 3.05) is 33.2 Å². The van der Waals surface area contributed by atoms with E-state index in [4.69, 9.17) is 4.74 Å². The molecule has 1 amide bonds. The highest BCUT2D eigenvalue weighted by atomic mass is 19.4. The summed E-state index contributed by atoms with van der Waals surface area (Å²) in [6, 6.07) is 15.5. The van der Waals surface area contributed by atoms with E-state index in [9.17, 15) is 22.8 Å². The molecule has 0 radical (unpaired) electrons. The second-order valence-corrected chi connectivity index (χ2v) is 8.90. The van der Waals surface area contributed by atoms with Gasteiger partial charge in [0, 0.05) is 66.2 Å². The Morgan fingerprint density at radius 1 is 0.919 bits per heavy atom. The molecule has 3 heterocycles. The summed E-state index contributed by atoms with van der Waals surface area (Å²) in [4.78, 5) is 35.8. The molecule has 37 heavy (non-hydrogen) atoms. The van der Waals surface area contributed by atoms with Crippen molar-refractivity contribution < 1.29 is 27.5 Å². The number of likely N-dealkylation sites (N-methyl/N-ethyl adjacent to an activating group) is 1. The topological polar surface area (TPSA) is 78.5 Å². The molecular formula is C27H23F3N4O3. The number of esters is 1. The monoisotopic (exact) mass is 508 g/mol. The molecule has 1 aliphatic rings. The molecule has 0 saturated carbocycles. The summed E-state index contributed by atoms with van der Waals surface area (Å²) in [7, 11) is 2.03. The van der Waals surface area contributed by atoms with Crippen molar-refractivity contribution in [2.24, 2.45) is 0 Å². The maximum absolute atomic E-state index is 13.0. The molecular weight excluding hydrogens is 485 g/mol. The predicted molar refractivity (Wildman–Crippen MR) is 132 cm³/mol. The number of halogens is 3. The molecule has 1 fully saturated rings. The minimum absolute atomic E-state index is 0.0271. The van der Waals surface area contributed by atoms with Crippen LogP contribution >= 0.6 is 0 Å². The zero-order valence-corrected chi connectivity index (χ0v) is 19.9. The normalized spacial score (nSPS) is 14.6. The first-order valence-corrected chi connectivity index (χ1v) is 11.6. The number of benzene rings is 2. The fourth-order valence-corrected chi connectivity index (χ4v) is 4.31. The molecule has 1 aliphatic heterocycles. The Labute approximate surface area is 210 Å². The molecule has 1 N–H and O–H groups in total. The van der Waals surface area contributed by atoms with E-state index in [-0.39, 0.29) is 17.4 Å². The number of fused-ring (bicyclic) bond motifs is 1. The third-order valence-electron chi connectivity index (χ3n) is 6.37. The van der Waals surface area contributed by atoms with E-state index < -0.39 is 12.1 Å². The van der Waals surface area contributed by atoms with Crippen molar-refractivity contribution in [1.82, 2.24) is 19.8 Å². The minimum atomic E-state index is -5.14. The summed E-state index contributed by atoms with van der Waals surface area (Å²) < 4.78 is 43.7. The largest absolute Gasteiger partial charge is 0.491 e. The van der Waals surface area contributed by atoms with Crippen molar-refractivity contribution in [3.63, 3.8) is 0 Å². The number of piperazine rings is 1. The first-order chi connectivity index (χ1) is 17.7. The maximum Gasteiger partial charge on any atom is 0.491 e. The summed E-state index contributed by atoms with van der Waals surface area (Å²) in [5.74, 6) is -2.55. The quantitative estimate of drug-likeness (QED) is 0.403. The van der Waals surface area contributed by atoms with Crippen LogP contribution in [0.25, 0.3) is 33.3 Å². The Balaban J connectivity index is 1.45. The zero-order valence-electron chi connectivity index (χ0n) is 19.9. The third-order valence-corrected chi connectivity index (χ3v) is 6.37. The number of pyridine rings is 1. The molecule has 4 aromatic rings. The van der Waals surface area contributed by atoms with Crippen LogP contribution in [0.4, 0.5) is 13.2 Å². The van der Waals surface area contributed by atoms with Crippen LogP contribution in [-0.2, 0) is 4.79 Å². The molecule has 0 atom stereocenters. The van der Waals surface area contributed by atoms with E-state index in [0.717, 1.165) is 18.7 Å². The summed E-state index contributed by atoms with van der Waals surface area (Å²) in [5, 5.41) is 0.340. The van der Waals surface area contributed by atoms with Crippen LogP contribution in [0.5, 0.6) is 5.75 Å². The van der Waals surface area contributed by atoms with Gasteiger partial charge in [-0.1, -0.05) is 24.3 Å². The van der Waals surface area contributed by atoms with E-state index in [0.29, 0.717) is 40.7 Å². The summed E-state index contributed by atoms with van der Waals surface area (Å²) in [6.07, 6.45) is -2.05. The summed E-state index contributed by atoms with van der Waals surface area (Å²) >= 11 is 0. The molecule has 1 saturated heterocycles. The number of hydrogen-bond donors (Lipinski definition) is 1. The SMILES string of the molecule is CN1CCN(C(=O)c2ccc(-c3cncc(-c4[nH]c5ccccc5c4OC(=O)C(F)(F)F)c3)cc2)CC1. The second kappa shape index (κ2) is 9.70. The first kappa shape index (κ1) is 24.5. The molecule has 5 rings (SSSR count). The van der Waals surface area contributed by atoms with E-state index >= 15 is 0 Å². The summed E-state index contributed by atoms with van der Waals surface area (Å²) in [5.41, 5.74) is 3.19. The molecule has 2 aromatic heterocycles. The van der Waals surface area contributed by atoms with Crippen molar-refractivity contribution in [2.45, 2.75) is 6.18 Å². The van der Waals surface area contributed by atoms with Crippen molar-refractivity contribution in [3.8, 4) is 28.1 Å². The van der Waals surface area contributed by atoms with Crippen LogP contribution < -0.4 is 4.74 Å². The van der Waals surface area contributed by atoms with Gasteiger partial charge < -0.3 is 19.5 Å². The molecule has 190 valence electrons.